The number of hydrogen-bond acceptors (Lipinski definition) is 6. The van der Waals surface area contributed by atoms with Gasteiger partial charge in [0.15, 0.2) is 5.65 Å². The van der Waals surface area contributed by atoms with E-state index in [1.54, 1.807) is 4.68 Å². The zero-order valence-electron chi connectivity index (χ0n) is 10.8. The van der Waals surface area contributed by atoms with Crippen molar-refractivity contribution in [3.8, 4) is 0 Å². The Morgan fingerprint density at radius 3 is 2.95 bits per heavy atom. The molecular weight excluding hydrogens is 332 g/mol. The molecule has 19 heavy (non-hydrogen) atoms. The first-order chi connectivity index (χ1) is 8.99. The highest BCUT2D eigenvalue weighted by molar-refractivity contribution is 9.10. The molecule has 0 spiro atoms. The quantitative estimate of drug-likeness (QED) is 0.481. The number of thioether (sulfide) groups is 1. The Hall–Kier alpha value is -1.15. The van der Waals surface area contributed by atoms with E-state index >= 15 is 0 Å². The van der Waals surface area contributed by atoms with Crippen LogP contribution in [0.25, 0.3) is 11.0 Å². The number of ether oxygens (including phenoxy) is 1. The fourth-order valence-electron chi connectivity index (χ4n) is 1.55. The summed E-state index contributed by atoms with van der Waals surface area (Å²) in [5, 5.41) is 5.75. The SMILES string of the molecule is CC(C)OC(=O)CSc1ncnc2c1c(Br)nn2C. The van der Waals surface area contributed by atoms with Gasteiger partial charge in [0.2, 0.25) is 0 Å². The number of halogens is 1. The summed E-state index contributed by atoms with van der Waals surface area (Å²) in [6.07, 6.45) is 1.36. The third-order valence-corrected chi connectivity index (χ3v) is 3.76. The van der Waals surface area contributed by atoms with E-state index in [9.17, 15) is 4.79 Å². The number of esters is 1. The van der Waals surface area contributed by atoms with Crippen LogP contribution in [0.2, 0.25) is 0 Å². The number of nitrogens with zero attached hydrogens (tertiary/aromatic N) is 4. The van der Waals surface area contributed by atoms with Crippen molar-refractivity contribution in [2.75, 3.05) is 5.75 Å². The van der Waals surface area contributed by atoms with Crippen LogP contribution in [0, 0.1) is 0 Å². The van der Waals surface area contributed by atoms with Gasteiger partial charge in [-0.05, 0) is 29.8 Å². The van der Waals surface area contributed by atoms with Crippen LogP contribution in [0.1, 0.15) is 13.8 Å². The van der Waals surface area contributed by atoms with Gasteiger partial charge < -0.3 is 4.74 Å². The number of carbonyl (C=O) groups is 1. The second kappa shape index (κ2) is 5.87. The number of aromatic nitrogens is 4. The lowest BCUT2D eigenvalue weighted by Gasteiger charge is -2.07. The molecule has 0 atom stereocenters. The summed E-state index contributed by atoms with van der Waals surface area (Å²) < 4.78 is 7.42. The molecule has 8 heteroatoms. The van der Waals surface area contributed by atoms with Gasteiger partial charge in [0.25, 0.3) is 0 Å². The van der Waals surface area contributed by atoms with Gasteiger partial charge >= 0.3 is 5.97 Å². The highest BCUT2D eigenvalue weighted by atomic mass is 79.9. The van der Waals surface area contributed by atoms with Crippen LogP contribution in [0.3, 0.4) is 0 Å². The first kappa shape index (κ1) is 14.3. The van der Waals surface area contributed by atoms with Gasteiger partial charge in [-0.3, -0.25) is 4.79 Å². The van der Waals surface area contributed by atoms with Crippen molar-refractivity contribution in [3.63, 3.8) is 0 Å². The van der Waals surface area contributed by atoms with Gasteiger partial charge in [0.05, 0.1) is 17.2 Å². The van der Waals surface area contributed by atoms with E-state index in [1.807, 2.05) is 20.9 Å². The van der Waals surface area contributed by atoms with E-state index in [0.29, 0.717) is 9.63 Å². The predicted molar refractivity (Wildman–Crippen MR) is 76.0 cm³/mol. The van der Waals surface area contributed by atoms with E-state index in [2.05, 4.69) is 31.0 Å². The maximum atomic E-state index is 11.5. The largest absolute Gasteiger partial charge is 0.462 e. The first-order valence-electron chi connectivity index (χ1n) is 5.64. The molecule has 102 valence electrons. The zero-order chi connectivity index (χ0) is 14.0. The Kier molecular flexibility index (Phi) is 4.41. The second-order valence-electron chi connectivity index (χ2n) is 4.12. The van der Waals surface area contributed by atoms with Gasteiger partial charge in [-0.25, -0.2) is 14.6 Å². The fraction of sp³-hybridized carbons (Fsp3) is 0.455. The molecule has 0 unspecified atom stereocenters. The highest BCUT2D eigenvalue weighted by Crippen LogP contribution is 2.29. The van der Waals surface area contributed by atoms with E-state index in [0.717, 1.165) is 11.0 Å². The Balaban J connectivity index is 2.19. The molecule has 2 rings (SSSR count). The van der Waals surface area contributed by atoms with Crippen molar-refractivity contribution in [3.05, 3.63) is 10.9 Å². The van der Waals surface area contributed by atoms with E-state index in [1.165, 1.54) is 18.1 Å². The Bertz CT molecular complexity index is 614. The molecule has 0 N–H and O–H groups in total. The molecule has 0 amide bonds. The Morgan fingerprint density at radius 1 is 1.53 bits per heavy atom. The van der Waals surface area contributed by atoms with Gasteiger partial charge in [-0.1, -0.05) is 11.8 Å². The third kappa shape index (κ3) is 3.24. The molecule has 0 radical (unpaired) electrons. The van der Waals surface area contributed by atoms with Gasteiger partial charge in [0, 0.05) is 7.05 Å². The lowest BCUT2D eigenvalue weighted by molar-refractivity contribution is -0.144. The molecule has 2 aromatic heterocycles. The first-order valence-corrected chi connectivity index (χ1v) is 7.42. The van der Waals surface area contributed by atoms with E-state index in [-0.39, 0.29) is 17.8 Å². The van der Waals surface area contributed by atoms with Crippen LogP contribution >= 0.6 is 27.7 Å². The van der Waals surface area contributed by atoms with Crippen molar-refractivity contribution in [2.45, 2.75) is 25.0 Å². The second-order valence-corrected chi connectivity index (χ2v) is 5.83. The third-order valence-electron chi connectivity index (χ3n) is 2.24. The monoisotopic (exact) mass is 344 g/mol. The molecule has 0 saturated carbocycles. The normalized spacial score (nSPS) is 11.2. The number of aryl methyl sites for hydroxylation is 1. The van der Waals surface area contributed by atoms with Crippen LogP contribution in [0.4, 0.5) is 0 Å². The standard InChI is InChI=1S/C11H13BrN4O2S/c1-6(2)18-7(17)4-19-11-8-9(12)15-16(3)10(8)13-5-14-11/h5-6H,4H2,1-3H3. The predicted octanol–water partition coefficient (Wildman–Crippen LogP) is 2.17. The average Bonchev–Trinajstić information content (AvgIpc) is 2.62. The number of carbonyl (C=O) groups excluding carboxylic acids is 1. The van der Waals surface area contributed by atoms with Gasteiger partial charge in [0.1, 0.15) is 16.0 Å². The van der Waals surface area contributed by atoms with Crippen molar-refractivity contribution < 1.29 is 9.53 Å². The van der Waals surface area contributed by atoms with Gasteiger partial charge in [-0.2, -0.15) is 5.10 Å². The number of hydrogen-bond donors (Lipinski definition) is 0. The molecule has 0 aliphatic rings. The molecule has 0 fully saturated rings. The highest BCUT2D eigenvalue weighted by Gasteiger charge is 2.15. The summed E-state index contributed by atoms with van der Waals surface area (Å²) >= 11 is 4.69. The summed E-state index contributed by atoms with van der Waals surface area (Å²) in [5.41, 5.74) is 0.724. The molecular formula is C11H13BrN4O2S. The molecule has 0 bridgehead atoms. The minimum absolute atomic E-state index is 0.108. The van der Waals surface area contributed by atoms with Crippen LogP contribution in [0.5, 0.6) is 0 Å². The van der Waals surface area contributed by atoms with Gasteiger partial charge in [-0.15, -0.1) is 0 Å². The van der Waals surface area contributed by atoms with Crippen LogP contribution in [-0.2, 0) is 16.6 Å². The van der Waals surface area contributed by atoms with Crippen molar-refractivity contribution in [1.82, 2.24) is 19.7 Å². The average molecular weight is 345 g/mol. The molecule has 0 aliphatic carbocycles. The maximum absolute atomic E-state index is 11.5. The Labute approximate surface area is 123 Å². The van der Waals surface area contributed by atoms with Crippen molar-refractivity contribution >= 4 is 44.7 Å². The summed E-state index contributed by atoms with van der Waals surface area (Å²) in [6.45, 7) is 3.65. The molecule has 0 saturated heterocycles. The lowest BCUT2D eigenvalue weighted by atomic mass is 10.4. The van der Waals surface area contributed by atoms with E-state index in [4.69, 9.17) is 4.74 Å². The maximum Gasteiger partial charge on any atom is 0.316 e. The topological polar surface area (TPSA) is 69.9 Å². The smallest absolute Gasteiger partial charge is 0.316 e. The fourth-order valence-corrected chi connectivity index (χ4v) is 3.06. The minimum atomic E-state index is -0.258. The molecule has 2 heterocycles. The molecule has 2 aromatic rings. The molecule has 6 nitrogen and oxygen atoms in total. The van der Waals surface area contributed by atoms with Crippen LogP contribution < -0.4 is 0 Å². The van der Waals surface area contributed by atoms with Crippen LogP contribution in [0.15, 0.2) is 16.0 Å². The van der Waals surface area contributed by atoms with E-state index < -0.39 is 0 Å². The Morgan fingerprint density at radius 2 is 2.26 bits per heavy atom. The van der Waals surface area contributed by atoms with Crippen molar-refractivity contribution in [1.29, 1.82) is 0 Å². The zero-order valence-corrected chi connectivity index (χ0v) is 13.2. The summed E-state index contributed by atoms with van der Waals surface area (Å²) in [4.78, 5) is 19.9. The van der Waals surface area contributed by atoms with Crippen LogP contribution in [-0.4, -0.2) is 37.6 Å². The summed E-state index contributed by atoms with van der Waals surface area (Å²) in [6, 6.07) is 0. The molecule has 0 aliphatic heterocycles. The molecule has 0 aromatic carbocycles. The summed E-state index contributed by atoms with van der Waals surface area (Å²) in [5.74, 6) is -0.0437. The number of fused-ring (bicyclic) bond motifs is 1. The minimum Gasteiger partial charge on any atom is -0.462 e. The number of rotatable bonds is 4. The lowest BCUT2D eigenvalue weighted by Crippen LogP contribution is -2.13. The van der Waals surface area contributed by atoms with Crippen molar-refractivity contribution in [2.24, 2.45) is 7.05 Å². The summed E-state index contributed by atoms with van der Waals surface area (Å²) in [7, 11) is 1.81.